The first-order valence-corrected chi connectivity index (χ1v) is 13.0. The minimum absolute atomic E-state index is 0.112. The average molecular weight is 547 g/mol. The molecule has 5 heterocycles. The summed E-state index contributed by atoms with van der Waals surface area (Å²) < 4.78 is 6.27. The highest BCUT2D eigenvalue weighted by Crippen LogP contribution is 2.31. The molecule has 0 aliphatic carbocycles. The Morgan fingerprint density at radius 3 is 2.59 bits per heavy atom. The third-order valence-corrected chi connectivity index (χ3v) is 7.63. The van der Waals surface area contributed by atoms with Gasteiger partial charge in [-0.15, -0.1) is 21.5 Å². The van der Waals surface area contributed by atoms with Crippen molar-refractivity contribution in [1.82, 2.24) is 50.9 Å². The monoisotopic (exact) mass is 546 g/mol. The van der Waals surface area contributed by atoms with Crippen molar-refractivity contribution in [1.29, 1.82) is 0 Å². The van der Waals surface area contributed by atoms with Crippen molar-refractivity contribution in [2.75, 3.05) is 13.1 Å². The summed E-state index contributed by atoms with van der Waals surface area (Å²) in [6, 6.07) is 6.47. The first-order chi connectivity index (χ1) is 18.9. The van der Waals surface area contributed by atoms with E-state index in [9.17, 15) is 14.4 Å². The van der Waals surface area contributed by atoms with Gasteiger partial charge in [-0.3, -0.25) is 25.2 Å². The number of benzene rings is 1. The Kier molecular flexibility index (Phi) is 6.18. The van der Waals surface area contributed by atoms with Gasteiger partial charge in [0, 0.05) is 36.0 Å². The molecule has 1 aliphatic heterocycles. The second-order valence-corrected chi connectivity index (χ2v) is 10.1. The van der Waals surface area contributed by atoms with E-state index >= 15 is 0 Å². The van der Waals surface area contributed by atoms with Crippen molar-refractivity contribution in [2.45, 2.75) is 32.6 Å². The fourth-order valence-corrected chi connectivity index (χ4v) is 5.48. The molecule has 14 nitrogen and oxygen atoms in total. The molecule has 0 spiro atoms. The number of aryl methyl sites for hydroxylation is 2. The highest BCUT2D eigenvalue weighted by atomic mass is 32.1. The SMILES string of the molecule is Cc1cc2nnc(C(=O)N3CCC(c4nc(C(=O)NNC(=O)c5ccc6nonc6c5)cs4)CC3)c(C)n2n1. The molecular weight excluding hydrogens is 524 g/mol. The van der Waals surface area contributed by atoms with Gasteiger partial charge in [0.1, 0.15) is 16.7 Å². The number of fused-ring (bicyclic) bond motifs is 2. The lowest BCUT2D eigenvalue weighted by Gasteiger charge is -2.31. The van der Waals surface area contributed by atoms with Crippen molar-refractivity contribution in [3.8, 4) is 0 Å². The number of rotatable bonds is 4. The summed E-state index contributed by atoms with van der Waals surface area (Å²) in [5.41, 5.74) is 8.57. The van der Waals surface area contributed by atoms with Gasteiger partial charge < -0.3 is 4.90 Å². The highest BCUT2D eigenvalue weighted by molar-refractivity contribution is 7.09. The Morgan fingerprint density at radius 1 is 1.00 bits per heavy atom. The van der Waals surface area contributed by atoms with Crippen LogP contribution in [0, 0.1) is 13.8 Å². The summed E-state index contributed by atoms with van der Waals surface area (Å²) in [6.45, 7) is 4.74. The number of likely N-dealkylation sites (tertiary alicyclic amines) is 1. The molecule has 0 bridgehead atoms. The summed E-state index contributed by atoms with van der Waals surface area (Å²) in [7, 11) is 0. The number of hydrogen-bond donors (Lipinski definition) is 2. The van der Waals surface area contributed by atoms with E-state index in [0.29, 0.717) is 53.9 Å². The minimum atomic E-state index is -0.527. The fourth-order valence-electron chi connectivity index (χ4n) is 4.51. The van der Waals surface area contributed by atoms with Gasteiger partial charge in [0.05, 0.1) is 16.4 Å². The van der Waals surface area contributed by atoms with Gasteiger partial charge >= 0.3 is 0 Å². The van der Waals surface area contributed by atoms with Gasteiger partial charge in [0.25, 0.3) is 17.7 Å². The lowest BCUT2D eigenvalue weighted by molar-refractivity contribution is 0.0703. The zero-order valence-electron chi connectivity index (χ0n) is 20.9. The summed E-state index contributed by atoms with van der Waals surface area (Å²) in [5, 5.41) is 22.5. The smallest absolute Gasteiger partial charge is 0.289 e. The van der Waals surface area contributed by atoms with E-state index < -0.39 is 11.8 Å². The van der Waals surface area contributed by atoms with E-state index in [2.05, 4.69) is 46.1 Å². The van der Waals surface area contributed by atoms with Crippen LogP contribution in [-0.4, -0.2) is 70.8 Å². The number of thiazole rings is 1. The molecule has 15 heteroatoms. The van der Waals surface area contributed by atoms with Crippen LogP contribution < -0.4 is 10.9 Å². The molecule has 0 unspecified atom stereocenters. The Balaban J connectivity index is 1.04. The molecule has 5 aromatic rings. The van der Waals surface area contributed by atoms with Crippen LogP contribution in [0.15, 0.2) is 34.3 Å². The van der Waals surface area contributed by atoms with Crippen LogP contribution >= 0.6 is 11.3 Å². The molecule has 4 aromatic heterocycles. The molecule has 1 saturated heterocycles. The van der Waals surface area contributed by atoms with Crippen LogP contribution in [0.25, 0.3) is 16.7 Å². The number of hydrogen-bond acceptors (Lipinski definition) is 11. The number of nitrogens with one attached hydrogen (secondary N) is 2. The molecule has 6 rings (SSSR count). The standard InChI is InChI=1S/C24H22N10O4S/c1-12-9-19-26-27-20(13(2)34(19)30-12)24(37)33-7-5-14(6-8-33)23-25-18(11-39-23)22(36)29-28-21(35)15-3-4-16-17(10-15)32-38-31-16/h3-4,9-11,14H,5-8H2,1-2H3,(H,28,35)(H,29,36). The summed E-state index contributed by atoms with van der Waals surface area (Å²) in [4.78, 5) is 44.4. The summed E-state index contributed by atoms with van der Waals surface area (Å²) in [5.74, 6) is -1.10. The van der Waals surface area contributed by atoms with E-state index in [1.54, 1.807) is 26.9 Å². The maximum Gasteiger partial charge on any atom is 0.289 e. The largest absolute Gasteiger partial charge is 0.337 e. The third kappa shape index (κ3) is 4.67. The van der Waals surface area contributed by atoms with E-state index in [4.69, 9.17) is 0 Å². The number of amides is 3. The summed E-state index contributed by atoms with van der Waals surface area (Å²) >= 11 is 1.38. The molecule has 39 heavy (non-hydrogen) atoms. The molecule has 0 radical (unpaired) electrons. The average Bonchev–Trinajstić information content (AvgIpc) is 3.70. The highest BCUT2D eigenvalue weighted by Gasteiger charge is 2.29. The van der Waals surface area contributed by atoms with Crippen LogP contribution in [0.1, 0.15) is 66.5 Å². The molecule has 2 N–H and O–H groups in total. The maximum absolute atomic E-state index is 13.2. The number of carbonyl (C=O) groups excluding carboxylic acids is 3. The minimum Gasteiger partial charge on any atom is -0.337 e. The lowest BCUT2D eigenvalue weighted by atomic mass is 9.97. The lowest BCUT2D eigenvalue weighted by Crippen LogP contribution is -2.41. The first-order valence-electron chi connectivity index (χ1n) is 12.1. The zero-order valence-corrected chi connectivity index (χ0v) is 21.7. The molecule has 3 amide bonds. The normalized spacial score (nSPS) is 14.2. The van der Waals surface area contributed by atoms with Crippen molar-refractivity contribution >= 4 is 45.7 Å². The van der Waals surface area contributed by atoms with E-state index in [0.717, 1.165) is 10.7 Å². The van der Waals surface area contributed by atoms with E-state index in [-0.39, 0.29) is 23.2 Å². The van der Waals surface area contributed by atoms with Gasteiger partial charge in [-0.2, -0.15) is 5.10 Å². The second-order valence-electron chi connectivity index (χ2n) is 9.20. The van der Waals surface area contributed by atoms with Gasteiger partial charge in [-0.1, -0.05) is 0 Å². The van der Waals surface area contributed by atoms with Crippen LogP contribution in [0.2, 0.25) is 0 Å². The van der Waals surface area contributed by atoms with Crippen molar-refractivity contribution in [3.05, 3.63) is 63.0 Å². The number of hydrazine groups is 1. The third-order valence-electron chi connectivity index (χ3n) is 6.62. The molecule has 1 aromatic carbocycles. The van der Waals surface area contributed by atoms with Crippen LogP contribution in [0.5, 0.6) is 0 Å². The van der Waals surface area contributed by atoms with Crippen molar-refractivity contribution in [3.63, 3.8) is 0 Å². The Hall–Kier alpha value is -4.79. The number of carbonyl (C=O) groups is 3. The van der Waals surface area contributed by atoms with Gasteiger partial charge in [-0.25, -0.2) is 14.1 Å². The van der Waals surface area contributed by atoms with E-state index in [1.807, 2.05) is 19.9 Å². The van der Waals surface area contributed by atoms with Crippen LogP contribution in [-0.2, 0) is 0 Å². The number of aromatic nitrogens is 7. The number of piperidine rings is 1. The molecule has 0 atom stereocenters. The summed E-state index contributed by atoms with van der Waals surface area (Å²) in [6.07, 6.45) is 1.40. The van der Waals surface area contributed by atoms with Crippen molar-refractivity contribution < 1.29 is 19.0 Å². The zero-order chi connectivity index (χ0) is 27.1. The van der Waals surface area contributed by atoms with Crippen LogP contribution in [0.4, 0.5) is 0 Å². The molecular formula is C24H22N10O4S. The topological polar surface area (TPSA) is 173 Å². The molecule has 1 aliphatic rings. The van der Waals surface area contributed by atoms with Gasteiger partial charge in [0.2, 0.25) is 0 Å². The van der Waals surface area contributed by atoms with Gasteiger partial charge in [0.15, 0.2) is 11.3 Å². The fraction of sp³-hybridized carbons (Fsp3) is 0.292. The van der Waals surface area contributed by atoms with Gasteiger partial charge in [-0.05, 0) is 55.2 Å². The second kappa shape index (κ2) is 9.83. The molecule has 0 saturated carbocycles. The quantitative estimate of drug-likeness (QED) is 0.317. The predicted octanol–water partition coefficient (Wildman–Crippen LogP) is 1.83. The van der Waals surface area contributed by atoms with Crippen molar-refractivity contribution in [2.24, 2.45) is 0 Å². The van der Waals surface area contributed by atoms with Crippen LogP contribution in [0.3, 0.4) is 0 Å². The Labute approximate surface area is 224 Å². The number of nitrogens with zero attached hydrogens (tertiary/aromatic N) is 8. The maximum atomic E-state index is 13.2. The molecule has 1 fully saturated rings. The predicted molar refractivity (Wildman–Crippen MR) is 137 cm³/mol. The first kappa shape index (κ1) is 24.5. The molecule has 198 valence electrons. The Morgan fingerprint density at radius 2 is 1.77 bits per heavy atom. The Bertz CT molecular complexity index is 1730. The van der Waals surface area contributed by atoms with E-state index in [1.165, 1.54) is 17.4 Å².